The van der Waals surface area contributed by atoms with Crippen LogP contribution in [0.3, 0.4) is 0 Å². The van der Waals surface area contributed by atoms with E-state index in [1.807, 2.05) is 4.90 Å². The Labute approximate surface area is 146 Å². The predicted octanol–water partition coefficient (Wildman–Crippen LogP) is 1.66. The zero-order chi connectivity index (χ0) is 17.5. The van der Waals surface area contributed by atoms with Crippen LogP contribution in [0.4, 0.5) is 0 Å². The number of halogens is 1. The number of hydrogen-bond donors (Lipinski definition) is 1. The third kappa shape index (κ3) is 2.99. The number of ketones is 2. The van der Waals surface area contributed by atoms with Crippen molar-refractivity contribution >= 4 is 23.2 Å². The second kappa shape index (κ2) is 6.31. The lowest BCUT2D eigenvalue weighted by Gasteiger charge is -2.44. The zero-order valence-electron chi connectivity index (χ0n) is 14.0. The molecule has 0 amide bonds. The van der Waals surface area contributed by atoms with Crippen molar-refractivity contribution in [3.05, 3.63) is 46.1 Å². The van der Waals surface area contributed by atoms with Gasteiger partial charge in [-0.25, -0.2) is 0 Å². The summed E-state index contributed by atoms with van der Waals surface area (Å²) in [5.41, 5.74) is 1.13. The number of carbonyl (C=O) groups is 2. The topological polar surface area (TPSA) is 57.6 Å². The van der Waals surface area contributed by atoms with Gasteiger partial charge in [0.2, 0.25) is 11.6 Å². The van der Waals surface area contributed by atoms with Crippen LogP contribution in [0.5, 0.6) is 0 Å². The first-order chi connectivity index (χ1) is 11.3. The number of quaternary nitrogens is 1. The maximum Gasteiger partial charge on any atom is 0.211 e. The number of benzene rings is 1. The Morgan fingerprint density at radius 3 is 2.25 bits per heavy atom. The summed E-state index contributed by atoms with van der Waals surface area (Å²) in [6, 6.07) is 6.81. The number of nitrogens with zero attached hydrogens (tertiary/aromatic N) is 2. The molecule has 1 fully saturated rings. The van der Waals surface area contributed by atoms with Crippen molar-refractivity contribution in [2.45, 2.75) is 13.0 Å². The third-order valence-electron chi connectivity index (χ3n) is 4.88. The van der Waals surface area contributed by atoms with Crippen LogP contribution < -0.4 is 0 Å². The molecule has 1 aliphatic carbocycles. The third-order valence-corrected chi connectivity index (χ3v) is 5.23. The number of allylic oxidation sites excluding steroid dienone is 2. The average Bonchev–Trinajstić information content (AvgIpc) is 2.54. The number of piperazine rings is 1. The Morgan fingerprint density at radius 2 is 1.71 bits per heavy atom. The van der Waals surface area contributed by atoms with Crippen LogP contribution in [0.15, 0.2) is 35.0 Å². The quantitative estimate of drug-likeness (QED) is 0.843. The lowest BCUT2D eigenvalue weighted by molar-refractivity contribution is -0.916. The van der Waals surface area contributed by atoms with Gasteiger partial charge < -0.3 is 14.5 Å². The van der Waals surface area contributed by atoms with Crippen molar-refractivity contribution in [2.75, 3.05) is 39.8 Å². The van der Waals surface area contributed by atoms with Crippen molar-refractivity contribution in [1.82, 2.24) is 4.90 Å². The molecule has 24 heavy (non-hydrogen) atoms. The Morgan fingerprint density at radius 1 is 1.17 bits per heavy atom. The number of fused-ring (bicyclic) bond motifs is 1. The van der Waals surface area contributed by atoms with Crippen molar-refractivity contribution in [3.63, 3.8) is 0 Å². The normalized spacial score (nSPS) is 21.8. The van der Waals surface area contributed by atoms with Crippen LogP contribution in [-0.2, 0) is 0 Å². The summed E-state index contributed by atoms with van der Waals surface area (Å²) in [6.07, 6.45) is -0.367. The molecule has 1 unspecified atom stereocenters. The average molecular weight is 350 g/mol. The van der Waals surface area contributed by atoms with E-state index in [2.05, 4.69) is 7.05 Å². The molecule has 1 heterocycles. The summed E-state index contributed by atoms with van der Waals surface area (Å²) >= 11 is 6.27. The molecule has 6 heteroatoms. The van der Waals surface area contributed by atoms with Crippen molar-refractivity contribution in [1.29, 1.82) is 0 Å². The fourth-order valence-corrected chi connectivity index (χ4v) is 3.91. The standard InChI is InChI=1S/C18H22ClN2O3/c1-12(22)11-21(2)9-7-20(8-10-21)16-15(19)17(23)13-5-3-4-6-14(13)18(16)24/h3-6,12,22H,7-11H2,1-2H3/q+1. The maximum absolute atomic E-state index is 12.8. The van der Waals surface area contributed by atoms with Gasteiger partial charge in [-0.2, -0.15) is 0 Å². The summed E-state index contributed by atoms with van der Waals surface area (Å²) in [4.78, 5) is 27.2. The maximum atomic E-state index is 12.8. The van der Waals surface area contributed by atoms with E-state index in [0.717, 1.165) is 17.6 Å². The molecule has 0 saturated carbocycles. The van der Waals surface area contributed by atoms with E-state index < -0.39 is 0 Å². The molecule has 1 aromatic rings. The molecule has 5 nitrogen and oxygen atoms in total. The van der Waals surface area contributed by atoms with Crippen molar-refractivity contribution in [3.8, 4) is 0 Å². The van der Waals surface area contributed by atoms with Gasteiger partial charge in [-0.3, -0.25) is 9.59 Å². The van der Waals surface area contributed by atoms with Crippen LogP contribution in [0.25, 0.3) is 0 Å². The minimum Gasteiger partial charge on any atom is -0.388 e. The fourth-order valence-electron chi connectivity index (χ4n) is 3.61. The van der Waals surface area contributed by atoms with E-state index in [0.29, 0.717) is 36.5 Å². The van der Waals surface area contributed by atoms with E-state index in [-0.39, 0.29) is 22.7 Å². The first kappa shape index (κ1) is 17.1. The molecular formula is C18H22ClN2O3+. The minimum absolute atomic E-state index is 0.0188. The second-order valence-corrected chi connectivity index (χ2v) is 7.33. The van der Waals surface area contributed by atoms with Crippen LogP contribution in [0.2, 0.25) is 0 Å². The lowest BCUT2D eigenvalue weighted by Crippen LogP contribution is -2.59. The number of aliphatic hydroxyl groups is 1. The molecule has 0 aromatic heterocycles. The molecule has 3 rings (SSSR count). The van der Waals surface area contributed by atoms with Gasteiger partial charge in [0, 0.05) is 11.1 Å². The Balaban J connectivity index is 1.85. The molecule has 2 aliphatic rings. The molecule has 1 N–H and O–H groups in total. The van der Waals surface area contributed by atoms with E-state index in [1.54, 1.807) is 31.2 Å². The van der Waals surface area contributed by atoms with Gasteiger partial charge >= 0.3 is 0 Å². The molecule has 0 bridgehead atoms. The summed E-state index contributed by atoms with van der Waals surface area (Å²) in [5.74, 6) is -0.462. The molecule has 128 valence electrons. The Kier molecular flexibility index (Phi) is 4.51. The number of hydrogen-bond acceptors (Lipinski definition) is 4. The van der Waals surface area contributed by atoms with Crippen molar-refractivity contribution < 1.29 is 19.2 Å². The van der Waals surface area contributed by atoms with Gasteiger partial charge in [0.05, 0.1) is 33.2 Å². The van der Waals surface area contributed by atoms with Gasteiger partial charge in [-0.1, -0.05) is 35.9 Å². The molecule has 1 saturated heterocycles. The molecule has 0 spiro atoms. The van der Waals surface area contributed by atoms with Gasteiger partial charge in [0.15, 0.2) is 0 Å². The summed E-state index contributed by atoms with van der Waals surface area (Å²) < 4.78 is 0.748. The first-order valence-electron chi connectivity index (χ1n) is 8.17. The van der Waals surface area contributed by atoms with Crippen LogP contribution in [-0.4, -0.2) is 71.9 Å². The summed E-state index contributed by atoms with van der Waals surface area (Å²) in [5, 5.41) is 9.67. The molecule has 1 aliphatic heterocycles. The molecule has 1 atom stereocenters. The molecular weight excluding hydrogens is 328 g/mol. The second-order valence-electron chi connectivity index (χ2n) is 6.95. The smallest absolute Gasteiger partial charge is 0.211 e. The van der Waals surface area contributed by atoms with Gasteiger partial charge in [0.1, 0.15) is 23.4 Å². The fraction of sp³-hybridized carbons (Fsp3) is 0.444. The number of carbonyl (C=O) groups excluding carboxylic acids is 2. The first-order valence-corrected chi connectivity index (χ1v) is 8.55. The van der Waals surface area contributed by atoms with Gasteiger partial charge in [0.25, 0.3) is 0 Å². The minimum atomic E-state index is -0.367. The molecule has 1 aromatic carbocycles. The van der Waals surface area contributed by atoms with E-state index in [9.17, 15) is 14.7 Å². The van der Waals surface area contributed by atoms with E-state index >= 15 is 0 Å². The molecule has 0 radical (unpaired) electrons. The summed E-state index contributed by atoms with van der Waals surface area (Å²) in [6.45, 7) is 5.32. The highest BCUT2D eigenvalue weighted by atomic mass is 35.5. The Hall–Kier alpha value is -1.69. The highest BCUT2D eigenvalue weighted by molar-refractivity contribution is 6.49. The number of Topliss-reactive ketones (excluding diaryl/α,β-unsaturated/α-hetero) is 2. The predicted molar refractivity (Wildman–Crippen MR) is 92.0 cm³/mol. The number of aliphatic hydroxyl groups excluding tert-OH is 1. The lowest BCUT2D eigenvalue weighted by atomic mass is 9.91. The summed E-state index contributed by atoms with van der Waals surface area (Å²) in [7, 11) is 2.10. The zero-order valence-corrected chi connectivity index (χ0v) is 14.7. The van der Waals surface area contributed by atoms with E-state index in [1.165, 1.54) is 0 Å². The van der Waals surface area contributed by atoms with Gasteiger partial charge in [-0.05, 0) is 6.92 Å². The van der Waals surface area contributed by atoms with Crippen molar-refractivity contribution in [2.24, 2.45) is 0 Å². The van der Waals surface area contributed by atoms with Crippen LogP contribution in [0, 0.1) is 0 Å². The monoisotopic (exact) mass is 349 g/mol. The van der Waals surface area contributed by atoms with Crippen LogP contribution in [0.1, 0.15) is 27.6 Å². The SMILES string of the molecule is CC(O)C[N+]1(C)CCN(C2=C(Cl)C(=O)c3ccccc3C2=O)CC1. The highest BCUT2D eigenvalue weighted by Crippen LogP contribution is 2.31. The number of rotatable bonds is 3. The van der Waals surface area contributed by atoms with Crippen LogP contribution >= 0.6 is 11.6 Å². The Bertz CT molecular complexity index is 719. The van der Waals surface area contributed by atoms with Gasteiger partial charge in [-0.15, -0.1) is 0 Å². The number of likely N-dealkylation sites (N-methyl/N-ethyl adjacent to an activating group) is 1. The highest BCUT2D eigenvalue weighted by Gasteiger charge is 2.38. The van der Waals surface area contributed by atoms with E-state index in [4.69, 9.17) is 11.6 Å². The largest absolute Gasteiger partial charge is 0.388 e.